The van der Waals surface area contributed by atoms with Crippen LogP contribution < -0.4 is 0 Å². The highest BCUT2D eigenvalue weighted by atomic mass is 16.7. The second kappa shape index (κ2) is 10.1. The van der Waals surface area contributed by atoms with Gasteiger partial charge in [0.2, 0.25) is 0 Å². The third kappa shape index (κ3) is 6.27. The minimum Gasteiger partial charge on any atom is -0.444 e. The topological polar surface area (TPSA) is 107 Å². The lowest BCUT2D eigenvalue weighted by molar-refractivity contribution is -0.0756. The van der Waals surface area contributed by atoms with Gasteiger partial charge < -0.3 is 18.9 Å². The molecule has 0 N–H and O–H groups in total. The number of aromatic nitrogens is 2. The Bertz CT molecular complexity index is 913. The highest BCUT2D eigenvalue weighted by Gasteiger charge is 2.27. The van der Waals surface area contributed by atoms with E-state index < -0.39 is 5.60 Å². The molecule has 0 unspecified atom stereocenters. The second-order valence-corrected chi connectivity index (χ2v) is 8.56. The lowest BCUT2D eigenvalue weighted by Crippen LogP contribution is -2.43. The van der Waals surface area contributed by atoms with Crippen molar-refractivity contribution in [2.75, 3.05) is 27.2 Å². The van der Waals surface area contributed by atoms with Gasteiger partial charge in [-0.05, 0) is 57.9 Å². The normalized spacial score (nSPS) is 15.0. The fourth-order valence-electron chi connectivity index (χ4n) is 3.17. The Balaban J connectivity index is 1.48. The predicted molar refractivity (Wildman–Crippen MR) is 114 cm³/mol. The average molecular weight is 447 g/mol. The molecular formula is C22H30N4O6. The number of carbonyl (C=O) groups excluding carboxylic acids is 2. The third-order valence-electron chi connectivity index (χ3n) is 4.95. The number of ether oxygens (including phenoxy) is 2. The smallest absolute Gasteiger partial charge is 0.410 e. The van der Waals surface area contributed by atoms with E-state index in [1.807, 2.05) is 20.8 Å². The van der Waals surface area contributed by atoms with Gasteiger partial charge >= 0.3 is 6.09 Å². The van der Waals surface area contributed by atoms with Gasteiger partial charge in [0.25, 0.3) is 11.8 Å². The van der Waals surface area contributed by atoms with E-state index in [9.17, 15) is 9.59 Å². The molecule has 0 atom stereocenters. The standard InChI is InChI=1S/C22H30N4O6/c1-22(2,3)31-21(28)26-12-10-17(11-13-26)30-14-18-23-19(32-24-18)15-6-8-16(9-7-15)20(27)25(4)29-5/h6-9,17H,10-14H2,1-5H3. The van der Waals surface area contributed by atoms with Crippen LogP contribution in [0.4, 0.5) is 4.79 Å². The molecule has 1 aliphatic rings. The summed E-state index contributed by atoms with van der Waals surface area (Å²) < 4.78 is 16.6. The Morgan fingerprint density at radius 1 is 1.19 bits per heavy atom. The SMILES string of the molecule is CON(C)C(=O)c1ccc(-c2nc(COC3CCN(C(=O)OC(C)(C)C)CC3)no2)cc1. The van der Waals surface area contributed by atoms with Gasteiger partial charge in [0, 0.05) is 31.3 Å². The van der Waals surface area contributed by atoms with Crippen LogP contribution in [0.15, 0.2) is 28.8 Å². The largest absolute Gasteiger partial charge is 0.444 e. The molecule has 0 aliphatic carbocycles. The molecule has 1 aliphatic heterocycles. The molecule has 1 aromatic carbocycles. The lowest BCUT2D eigenvalue weighted by atomic mass is 10.1. The molecular weight excluding hydrogens is 416 g/mol. The van der Waals surface area contributed by atoms with E-state index in [4.69, 9.17) is 18.8 Å². The molecule has 174 valence electrons. The maximum Gasteiger partial charge on any atom is 0.410 e. The van der Waals surface area contributed by atoms with Gasteiger partial charge in [0.05, 0.1) is 13.2 Å². The first-order chi connectivity index (χ1) is 15.2. The van der Waals surface area contributed by atoms with Crippen molar-refractivity contribution in [3.8, 4) is 11.5 Å². The molecule has 10 nitrogen and oxygen atoms in total. The first kappa shape index (κ1) is 23.7. The quantitative estimate of drug-likeness (QED) is 0.622. The lowest BCUT2D eigenvalue weighted by Gasteiger charge is -2.33. The number of hydroxylamine groups is 2. The Labute approximate surface area is 187 Å². The van der Waals surface area contributed by atoms with Gasteiger partial charge in [-0.2, -0.15) is 4.98 Å². The number of hydrogen-bond donors (Lipinski definition) is 0. The van der Waals surface area contributed by atoms with Crippen LogP contribution in [0.2, 0.25) is 0 Å². The first-order valence-electron chi connectivity index (χ1n) is 10.5. The average Bonchev–Trinajstić information content (AvgIpc) is 3.25. The zero-order chi connectivity index (χ0) is 23.3. The van der Waals surface area contributed by atoms with Gasteiger partial charge in [-0.1, -0.05) is 5.16 Å². The number of piperidine rings is 1. The van der Waals surface area contributed by atoms with E-state index in [1.165, 1.54) is 7.11 Å². The van der Waals surface area contributed by atoms with Gasteiger partial charge in [-0.25, -0.2) is 9.86 Å². The van der Waals surface area contributed by atoms with Crippen LogP contribution >= 0.6 is 0 Å². The summed E-state index contributed by atoms with van der Waals surface area (Å²) in [5.41, 5.74) is 0.682. The van der Waals surface area contributed by atoms with Crippen molar-refractivity contribution in [2.24, 2.45) is 0 Å². The summed E-state index contributed by atoms with van der Waals surface area (Å²) in [5, 5.41) is 5.12. The maximum absolute atomic E-state index is 12.1. The molecule has 0 spiro atoms. The van der Waals surface area contributed by atoms with Crippen molar-refractivity contribution in [1.82, 2.24) is 20.1 Å². The number of hydrogen-bond acceptors (Lipinski definition) is 8. The highest BCUT2D eigenvalue weighted by molar-refractivity contribution is 5.93. The zero-order valence-electron chi connectivity index (χ0n) is 19.2. The van der Waals surface area contributed by atoms with Gasteiger partial charge in [0.1, 0.15) is 12.2 Å². The summed E-state index contributed by atoms with van der Waals surface area (Å²) in [5.74, 6) is 0.535. The van der Waals surface area contributed by atoms with Crippen LogP contribution in [0.25, 0.3) is 11.5 Å². The van der Waals surface area contributed by atoms with E-state index in [-0.39, 0.29) is 24.7 Å². The summed E-state index contributed by atoms with van der Waals surface area (Å²) in [6.45, 7) is 6.95. The molecule has 2 aromatic rings. The molecule has 1 saturated heterocycles. The van der Waals surface area contributed by atoms with Crippen molar-refractivity contribution in [1.29, 1.82) is 0 Å². The Kier molecular flexibility index (Phi) is 7.47. The molecule has 1 fully saturated rings. The monoisotopic (exact) mass is 446 g/mol. The van der Waals surface area contributed by atoms with Crippen molar-refractivity contribution in [2.45, 2.75) is 51.9 Å². The van der Waals surface area contributed by atoms with Crippen LogP contribution in [0.3, 0.4) is 0 Å². The van der Waals surface area contributed by atoms with Crippen molar-refractivity contribution >= 4 is 12.0 Å². The van der Waals surface area contributed by atoms with Crippen molar-refractivity contribution in [3.05, 3.63) is 35.7 Å². The molecule has 0 saturated carbocycles. The predicted octanol–water partition coefficient (Wildman–Crippen LogP) is 3.29. The molecule has 10 heteroatoms. The molecule has 2 heterocycles. The summed E-state index contributed by atoms with van der Waals surface area (Å²) in [7, 11) is 2.97. The summed E-state index contributed by atoms with van der Waals surface area (Å²) in [6, 6.07) is 6.82. The van der Waals surface area contributed by atoms with Gasteiger partial charge in [-0.3, -0.25) is 9.63 Å². The molecule has 1 aromatic heterocycles. The molecule has 3 rings (SSSR count). The van der Waals surface area contributed by atoms with E-state index in [0.717, 1.165) is 17.9 Å². The summed E-state index contributed by atoms with van der Waals surface area (Å²) in [4.78, 5) is 35.2. The molecule has 0 radical (unpaired) electrons. The van der Waals surface area contributed by atoms with Crippen LogP contribution in [-0.4, -0.2) is 71.1 Å². The number of amides is 2. The minimum absolute atomic E-state index is 0.0127. The van der Waals surface area contributed by atoms with Crippen LogP contribution in [0, 0.1) is 0 Å². The second-order valence-electron chi connectivity index (χ2n) is 8.56. The summed E-state index contributed by atoms with van der Waals surface area (Å²) in [6.07, 6.45) is 1.16. The van der Waals surface area contributed by atoms with E-state index in [0.29, 0.717) is 35.9 Å². The fraction of sp³-hybridized carbons (Fsp3) is 0.545. The third-order valence-corrected chi connectivity index (χ3v) is 4.95. The highest BCUT2D eigenvalue weighted by Crippen LogP contribution is 2.21. The molecule has 32 heavy (non-hydrogen) atoms. The van der Waals surface area contributed by atoms with Crippen LogP contribution in [-0.2, 0) is 20.9 Å². The Hall–Kier alpha value is -2.98. The van der Waals surface area contributed by atoms with E-state index in [2.05, 4.69) is 10.1 Å². The van der Waals surface area contributed by atoms with E-state index in [1.54, 1.807) is 36.2 Å². The Morgan fingerprint density at radius 3 is 2.44 bits per heavy atom. The minimum atomic E-state index is -0.503. The fourth-order valence-corrected chi connectivity index (χ4v) is 3.17. The van der Waals surface area contributed by atoms with Crippen molar-refractivity contribution in [3.63, 3.8) is 0 Å². The number of carbonyl (C=O) groups is 2. The number of rotatable bonds is 6. The number of nitrogens with zero attached hydrogens (tertiary/aromatic N) is 4. The first-order valence-corrected chi connectivity index (χ1v) is 10.5. The maximum atomic E-state index is 12.1. The molecule has 2 amide bonds. The molecule has 0 bridgehead atoms. The number of likely N-dealkylation sites (tertiary alicyclic amines) is 1. The number of benzene rings is 1. The van der Waals surface area contributed by atoms with Crippen molar-refractivity contribution < 1.29 is 28.4 Å². The van der Waals surface area contributed by atoms with Gasteiger partial charge in [-0.15, -0.1) is 0 Å². The Morgan fingerprint density at radius 2 is 1.84 bits per heavy atom. The van der Waals surface area contributed by atoms with E-state index >= 15 is 0 Å². The van der Waals surface area contributed by atoms with Gasteiger partial charge in [0.15, 0.2) is 5.82 Å². The zero-order valence-corrected chi connectivity index (χ0v) is 19.2. The van der Waals surface area contributed by atoms with Crippen LogP contribution in [0.1, 0.15) is 49.8 Å². The summed E-state index contributed by atoms with van der Waals surface area (Å²) >= 11 is 0. The van der Waals surface area contributed by atoms with Crippen LogP contribution in [0.5, 0.6) is 0 Å².